The van der Waals surface area contributed by atoms with Crippen molar-refractivity contribution in [2.24, 2.45) is 0 Å². The molecule has 0 saturated carbocycles. The number of hydrogen-bond donors (Lipinski definition) is 0. The zero-order valence-corrected chi connectivity index (χ0v) is 15.7. The Morgan fingerprint density at radius 2 is 1.78 bits per heavy atom. The van der Waals surface area contributed by atoms with E-state index in [1.807, 2.05) is 78.2 Å². The predicted octanol–water partition coefficient (Wildman–Crippen LogP) is 5.01. The lowest BCUT2D eigenvalue weighted by Gasteiger charge is -2.10. The summed E-state index contributed by atoms with van der Waals surface area (Å²) in [7, 11) is 0. The number of benzene rings is 2. The van der Waals surface area contributed by atoms with Gasteiger partial charge in [-0.05, 0) is 42.8 Å². The Balaban J connectivity index is 1.52. The molecule has 0 saturated heterocycles. The summed E-state index contributed by atoms with van der Waals surface area (Å²) in [5.41, 5.74) is 2.13. The van der Waals surface area contributed by atoms with E-state index in [9.17, 15) is 0 Å². The molecule has 5 nitrogen and oxygen atoms in total. The second-order valence-corrected chi connectivity index (χ2v) is 6.98. The van der Waals surface area contributed by atoms with Crippen LogP contribution in [0.5, 0.6) is 5.75 Å². The van der Waals surface area contributed by atoms with Crippen molar-refractivity contribution in [2.75, 3.05) is 12.4 Å². The van der Waals surface area contributed by atoms with Gasteiger partial charge in [-0.3, -0.25) is 4.57 Å². The van der Waals surface area contributed by atoms with E-state index in [-0.39, 0.29) is 0 Å². The van der Waals surface area contributed by atoms with Crippen molar-refractivity contribution >= 4 is 11.8 Å². The van der Waals surface area contributed by atoms with Crippen molar-refractivity contribution in [3.8, 4) is 23.0 Å². The monoisotopic (exact) mass is 377 g/mol. The van der Waals surface area contributed by atoms with Crippen LogP contribution in [0.2, 0.25) is 0 Å². The third-order valence-corrected chi connectivity index (χ3v) is 4.95. The summed E-state index contributed by atoms with van der Waals surface area (Å²) in [5.74, 6) is 3.05. The molecule has 136 valence electrons. The first kappa shape index (κ1) is 17.4. The summed E-state index contributed by atoms with van der Waals surface area (Å²) < 4.78 is 13.4. The molecule has 0 atom stereocenters. The van der Waals surface area contributed by atoms with E-state index in [4.69, 9.17) is 9.15 Å². The smallest absolute Gasteiger partial charge is 0.205 e. The van der Waals surface area contributed by atoms with Crippen LogP contribution < -0.4 is 4.74 Å². The highest BCUT2D eigenvalue weighted by Crippen LogP contribution is 2.28. The van der Waals surface area contributed by atoms with Gasteiger partial charge >= 0.3 is 0 Å². The number of nitrogens with zero attached hydrogens (tertiary/aromatic N) is 3. The van der Waals surface area contributed by atoms with Crippen molar-refractivity contribution in [2.45, 2.75) is 12.1 Å². The maximum Gasteiger partial charge on any atom is 0.205 e. The highest BCUT2D eigenvalue weighted by Gasteiger charge is 2.17. The third-order valence-electron chi connectivity index (χ3n) is 4.05. The van der Waals surface area contributed by atoms with Crippen molar-refractivity contribution in [1.82, 2.24) is 14.8 Å². The number of furan rings is 1. The fourth-order valence-corrected chi connectivity index (χ4v) is 3.51. The minimum atomic E-state index is 0.591. The van der Waals surface area contributed by atoms with E-state index in [0.717, 1.165) is 27.9 Å². The largest absolute Gasteiger partial charge is 0.492 e. The minimum Gasteiger partial charge on any atom is -0.492 e. The fourth-order valence-electron chi connectivity index (χ4n) is 2.74. The van der Waals surface area contributed by atoms with Gasteiger partial charge in [0.05, 0.1) is 12.9 Å². The van der Waals surface area contributed by atoms with Gasteiger partial charge < -0.3 is 9.15 Å². The zero-order chi connectivity index (χ0) is 18.5. The summed E-state index contributed by atoms with van der Waals surface area (Å²) in [6.07, 6.45) is 1.64. The molecule has 0 N–H and O–H groups in total. The van der Waals surface area contributed by atoms with Gasteiger partial charge in [0, 0.05) is 11.4 Å². The van der Waals surface area contributed by atoms with Crippen LogP contribution >= 0.6 is 11.8 Å². The van der Waals surface area contributed by atoms with Crippen LogP contribution in [-0.4, -0.2) is 27.1 Å². The van der Waals surface area contributed by atoms with Gasteiger partial charge in [-0.2, -0.15) is 0 Å². The molecule has 2 aromatic heterocycles. The Bertz CT molecular complexity index is 997. The Morgan fingerprint density at radius 3 is 2.56 bits per heavy atom. The van der Waals surface area contributed by atoms with E-state index in [1.165, 1.54) is 0 Å². The number of para-hydroxylation sites is 2. The quantitative estimate of drug-likeness (QED) is 0.335. The first-order valence-corrected chi connectivity index (χ1v) is 9.67. The summed E-state index contributed by atoms with van der Waals surface area (Å²) in [6.45, 7) is 2.64. The molecule has 2 aromatic carbocycles. The fraction of sp³-hybridized carbons (Fsp3) is 0.143. The van der Waals surface area contributed by atoms with Gasteiger partial charge in [0.1, 0.15) is 5.75 Å². The van der Waals surface area contributed by atoms with E-state index >= 15 is 0 Å². The Hall–Kier alpha value is -2.99. The average Bonchev–Trinajstić information content (AvgIpc) is 3.37. The molecule has 0 spiro atoms. The maximum atomic E-state index is 5.89. The van der Waals surface area contributed by atoms with Crippen molar-refractivity contribution in [1.29, 1.82) is 0 Å². The second-order valence-electron chi connectivity index (χ2n) is 5.92. The molecular weight excluding hydrogens is 358 g/mol. The Morgan fingerprint density at radius 1 is 0.963 bits per heavy atom. The number of hydrogen-bond acceptors (Lipinski definition) is 5. The van der Waals surface area contributed by atoms with Gasteiger partial charge in [0.25, 0.3) is 0 Å². The van der Waals surface area contributed by atoms with Gasteiger partial charge in [0.15, 0.2) is 10.9 Å². The number of aromatic nitrogens is 3. The third kappa shape index (κ3) is 3.90. The molecule has 2 heterocycles. The standard InChI is InChI=1S/C21H19N3O2S/c1-16-8-5-6-11-18(16)26-14-15-27-21-23-22-20(19-12-7-13-25-19)24(21)17-9-3-2-4-10-17/h2-13H,14-15H2,1H3. The molecule has 0 radical (unpaired) electrons. The van der Waals surface area contributed by atoms with E-state index in [1.54, 1.807) is 18.0 Å². The van der Waals surface area contributed by atoms with Crippen LogP contribution in [0.3, 0.4) is 0 Å². The zero-order valence-electron chi connectivity index (χ0n) is 14.9. The van der Waals surface area contributed by atoms with Crippen LogP contribution in [0.1, 0.15) is 5.56 Å². The molecular formula is C21H19N3O2S. The van der Waals surface area contributed by atoms with Crippen LogP contribution in [0.25, 0.3) is 17.3 Å². The van der Waals surface area contributed by atoms with Crippen LogP contribution in [0.15, 0.2) is 82.6 Å². The highest BCUT2D eigenvalue weighted by atomic mass is 32.2. The van der Waals surface area contributed by atoms with E-state index < -0.39 is 0 Å². The van der Waals surface area contributed by atoms with Gasteiger partial charge in [0.2, 0.25) is 5.82 Å². The molecule has 0 aliphatic rings. The van der Waals surface area contributed by atoms with Gasteiger partial charge in [-0.25, -0.2) is 0 Å². The summed E-state index contributed by atoms with van der Waals surface area (Å²) in [6, 6.07) is 21.8. The molecule has 4 aromatic rings. The summed E-state index contributed by atoms with van der Waals surface area (Å²) in [5, 5.41) is 9.52. The molecule has 27 heavy (non-hydrogen) atoms. The lowest BCUT2D eigenvalue weighted by molar-refractivity contribution is 0.341. The lowest BCUT2D eigenvalue weighted by atomic mass is 10.2. The first-order valence-electron chi connectivity index (χ1n) is 8.69. The number of rotatable bonds is 7. The number of aryl methyl sites for hydroxylation is 1. The molecule has 0 unspecified atom stereocenters. The maximum absolute atomic E-state index is 5.89. The second kappa shape index (κ2) is 8.14. The lowest BCUT2D eigenvalue weighted by Crippen LogP contribution is -2.04. The first-order chi connectivity index (χ1) is 13.3. The van der Waals surface area contributed by atoms with Crippen molar-refractivity contribution in [3.05, 3.63) is 78.6 Å². The van der Waals surface area contributed by atoms with Crippen molar-refractivity contribution < 1.29 is 9.15 Å². The molecule has 0 bridgehead atoms. The average molecular weight is 377 g/mol. The Labute approximate surface area is 162 Å². The molecule has 0 fully saturated rings. The topological polar surface area (TPSA) is 53.1 Å². The molecule has 0 aliphatic heterocycles. The molecule has 0 amide bonds. The number of thioether (sulfide) groups is 1. The SMILES string of the molecule is Cc1ccccc1OCCSc1nnc(-c2ccco2)n1-c1ccccc1. The highest BCUT2D eigenvalue weighted by molar-refractivity contribution is 7.99. The van der Waals surface area contributed by atoms with Crippen LogP contribution in [-0.2, 0) is 0 Å². The molecule has 0 aliphatic carbocycles. The molecule has 6 heteroatoms. The number of ether oxygens (including phenoxy) is 1. The van der Waals surface area contributed by atoms with E-state index in [0.29, 0.717) is 18.2 Å². The Kier molecular flexibility index (Phi) is 5.25. The summed E-state index contributed by atoms with van der Waals surface area (Å²) in [4.78, 5) is 0. The summed E-state index contributed by atoms with van der Waals surface area (Å²) >= 11 is 1.61. The van der Waals surface area contributed by atoms with Crippen LogP contribution in [0.4, 0.5) is 0 Å². The predicted molar refractivity (Wildman–Crippen MR) is 106 cm³/mol. The minimum absolute atomic E-state index is 0.591. The van der Waals surface area contributed by atoms with Gasteiger partial charge in [-0.1, -0.05) is 48.2 Å². The molecule has 4 rings (SSSR count). The van der Waals surface area contributed by atoms with Gasteiger partial charge in [-0.15, -0.1) is 10.2 Å². The van der Waals surface area contributed by atoms with E-state index in [2.05, 4.69) is 10.2 Å². The van der Waals surface area contributed by atoms with Crippen LogP contribution in [0, 0.1) is 6.92 Å². The van der Waals surface area contributed by atoms with Crippen molar-refractivity contribution in [3.63, 3.8) is 0 Å². The normalized spacial score (nSPS) is 10.9.